The molecule has 0 aliphatic carbocycles. The van der Waals surface area contributed by atoms with Crippen LogP contribution in [-0.2, 0) is 0 Å². The van der Waals surface area contributed by atoms with Crippen LogP contribution in [0, 0.1) is 0 Å². The molecule has 0 radical (unpaired) electrons. The van der Waals surface area contributed by atoms with Gasteiger partial charge in [0.05, 0.1) is 0 Å². The van der Waals surface area contributed by atoms with Crippen molar-refractivity contribution in [2.24, 2.45) is 0 Å². The van der Waals surface area contributed by atoms with Gasteiger partial charge in [-0.2, -0.15) is 0 Å². The molecule has 0 saturated carbocycles. The molecule has 2 nitrogen and oxygen atoms in total. The van der Waals surface area contributed by atoms with Gasteiger partial charge in [-0.1, -0.05) is 20.3 Å². The summed E-state index contributed by atoms with van der Waals surface area (Å²) >= 11 is 1.76. The van der Waals surface area contributed by atoms with Crippen LogP contribution >= 0.6 is 11.3 Å². The summed E-state index contributed by atoms with van der Waals surface area (Å²) in [6.07, 6.45) is 4.48. The average Bonchev–Trinajstić information content (AvgIpc) is 2.52. The van der Waals surface area contributed by atoms with Gasteiger partial charge in [0, 0.05) is 18.1 Å². The third-order valence-electron chi connectivity index (χ3n) is 1.94. The van der Waals surface area contributed by atoms with Crippen LogP contribution in [-0.4, -0.2) is 12.0 Å². The van der Waals surface area contributed by atoms with Gasteiger partial charge in [-0.3, -0.25) is 0 Å². The number of nitrogens with zero attached hydrogens (tertiary/aromatic N) is 1. The molecule has 0 saturated heterocycles. The fourth-order valence-corrected chi connectivity index (χ4v) is 2.06. The smallest absolute Gasteiger partial charge is 0.182 e. The molecule has 1 N–H and O–H groups in total. The number of anilines is 1. The maximum Gasteiger partial charge on any atom is 0.182 e. The monoisotopic (exact) mass is 184 g/mol. The summed E-state index contributed by atoms with van der Waals surface area (Å²) in [7, 11) is 1.91. The molecular formula is C9H16N2S. The van der Waals surface area contributed by atoms with Crippen LogP contribution in [0.3, 0.4) is 0 Å². The Balaban J connectivity index is 2.61. The Morgan fingerprint density at radius 2 is 2.42 bits per heavy atom. The normalized spacial score (nSPS) is 12.9. The van der Waals surface area contributed by atoms with Crippen LogP contribution < -0.4 is 5.32 Å². The Morgan fingerprint density at radius 3 is 2.92 bits per heavy atom. The lowest BCUT2D eigenvalue weighted by atomic mass is 10.1. The molecule has 0 bridgehead atoms. The van der Waals surface area contributed by atoms with E-state index in [1.165, 1.54) is 17.7 Å². The van der Waals surface area contributed by atoms with Crippen molar-refractivity contribution in [1.29, 1.82) is 0 Å². The van der Waals surface area contributed by atoms with Crippen LogP contribution in [0.15, 0.2) is 6.20 Å². The van der Waals surface area contributed by atoms with Crippen LogP contribution in [0.4, 0.5) is 5.13 Å². The summed E-state index contributed by atoms with van der Waals surface area (Å²) in [4.78, 5) is 5.64. The van der Waals surface area contributed by atoms with Crippen LogP contribution in [0.5, 0.6) is 0 Å². The van der Waals surface area contributed by atoms with Crippen molar-refractivity contribution in [3.63, 3.8) is 0 Å². The minimum Gasteiger partial charge on any atom is -0.365 e. The molecule has 1 rings (SSSR count). The molecule has 0 aliphatic heterocycles. The second-order valence-corrected chi connectivity index (χ2v) is 4.07. The SMILES string of the molecule is CCCC(C)c1cnc(NC)s1. The maximum absolute atomic E-state index is 4.25. The second kappa shape index (κ2) is 4.45. The maximum atomic E-state index is 4.25. The molecule has 1 atom stereocenters. The zero-order chi connectivity index (χ0) is 8.97. The third-order valence-corrected chi connectivity index (χ3v) is 3.19. The predicted octanol–water partition coefficient (Wildman–Crippen LogP) is 3.09. The van der Waals surface area contributed by atoms with Crippen LogP contribution in [0.25, 0.3) is 0 Å². The molecule has 0 aromatic carbocycles. The molecule has 1 aromatic heterocycles. The molecular weight excluding hydrogens is 168 g/mol. The first-order chi connectivity index (χ1) is 5.77. The Morgan fingerprint density at radius 1 is 1.67 bits per heavy atom. The van der Waals surface area contributed by atoms with Crippen LogP contribution in [0.1, 0.15) is 37.5 Å². The van der Waals surface area contributed by atoms with Gasteiger partial charge >= 0.3 is 0 Å². The van der Waals surface area contributed by atoms with Gasteiger partial charge < -0.3 is 5.32 Å². The molecule has 0 fully saturated rings. The van der Waals surface area contributed by atoms with E-state index in [0.717, 1.165) is 5.13 Å². The van der Waals surface area contributed by atoms with Gasteiger partial charge in [0.1, 0.15) is 0 Å². The molecule has 3 heteroatoms. The summed E-state index contributed by atoms with van der Waals surface area (Å²) < 4.78 is 0. The highest BCUT2D eigenvalue weighted by atomic mass is 32.1. The second-order valence-electron chi connectivity index (χ2n) is 3.01. The standard InChI is InChI=1S/C9H16N2S/c1-4-5-7(2)8-6-11-9(10-3)12-8/h6-7H,4-5H2,1-3H3,(H,10,11). The Kier molecular flexibility index (Phi) is 3.53. The van der Waals surface area contributed by atoms with Crippen molar-refractivity contribution in [3.8, 4) is 0 Å². The van der Waals surface area contributed by atoms with E-state index < -0.39 is 0 Å². The van der Waals surface area contributed by atoms with Crippen molar-refractivity contribution in [2.75, 3.05) is 12.4 Å². The number of nitrogens with one attached hydrogen (secondary N) is 1. The molecule has 12 heavy (non-hydrogen) atoms. The van der Waals surface area contributed by atoms with E-state index in [4.69, 9.17) is 0 Å². The fourth-order valence-electron chi connectivity index (χ4n) is 1.21. The van der Waals surface area contributed by atoms with E-state index in [1.54, 1.807) is 11.3 Å². The van der Waals surface area contributed by atoms with Crippen molar-refractivity contribution in [1.82, 2.24) is 4.98 Å². The summed E-state index contributed by atoms with van der Waals surface area (Å²) in [6.45, 7) is 4.48. The molecule has 0 spiro atoms. The van der Waals surface area contributed by atoms with Crippen molar-refractivity contribution in [2.45, 2.75) is 32.6 Å². The highest BCUT2D eigenvalue weighted by molar-refractivity contribution is 7.15. The molecule has 1 heterocycles. The van der Waals surface area contributed by atoms with E-state index >= 15 is 0 Å². The van der Waals surface area contributed by atoms with Crippen molar-refractivity contribution < 1.29 is 0 Å². The van der Waals surface area contributed by atoms with Gasteiger partial charge in [0.25, 0.3) is 0 Å². The fraction of sp³-hybridized carbons (Fsp3) is 0.667. The number of aromatic nitrogens is 1. The van der Waals surface area contributed by atoms with Crippen molar-refractivity contribution in [3.05, 3.63) is 11.1 Å². The Hall–Kier alpha value is -0.570. The lowest BCUT2D eigenvalue weighted by Crippen LogP contribution is -1.87. The minimum absolute atomic E-state index is 0.662. The minimum atomic E-state index is 0.662. The lowest BCUT2D eigenvalue weighted by Gasteiger charge is -2.04. The van der Waals surface area contributed by atoms with E-state index in [0.29, 0.717) is 5.92 Å². The average molecular weight is 184 g/mol. The third kappa shape index (κ3) is 2.21. The predicted molar refractivity (Wildman–Crippen MR) is 55.0 cm³/mol. The molecule has 1 aromatic rings. The highest BCUT2D eigenvalue weighted by Gasteiger charge is 2.07. The van der Waals surface area contributed by atoms with Crippen molar-refractivity contribution >= 4 is 16.5 Å². The van der Waals surface area contributed by atoms with Gasteiger partial charge in [0.15, 0.2) is 5.13 Å². The van der Waals surface area contributed by atoms with Gasteiger partial charge in [-0.25, -0.2) is 4.98 Å². The van der Waals surface area contributed by atoms with Crippen LogP contribution in [0.2, 0.25) is 0 Å². The number of rotatable bonds is 4. The molecule has 1 unspecified atom stereocenters. The van der Waals surface area contributed by atoms with Gasteiger partial charge in [-0.15, -0.1) is 11.3 Å². The summed E-state index contributed by atoms with van der Waals surface area (Å²) in [5.41, 5.74) is 0. The lowest BCUT2D eigenvalue weighted by molar-refractivity contribution is 0.674. The Bertz CT molecular complexity index is 232. The molecule has 0 aliphatic rings. The number of thiazole rings is 1. The first-order valence-electron chi connectivity index (χ1n) is 4.41. The highest BCUT2D eigenvalue weighted by Crippen LogP contribution is 2.28. The zero-order valence-electron chi connectivity index (χ0n) is 7.92. The van der Waals surface area contributed by atoms with Gasteiger partial charge in [-0.05, 0) is 12.3 Å². The number of hydrogen-bond acceptors (Lipinski definition) is 3. The first kappa shape index (κ1) is 9.52. The first-order valence-corrected chi connectivity index (χ1v) is 5.23. The van der Waals surface area contributed by atoms with E-state index in [-0.39, 0.29) is 0 Å². The van der Waals surface area contributed by atoms with E-state index in [9.17, 15) is 0 Å². The quantitative estimate of drug-likeness (QED) is 0.777. The Labute approximate surface area is 78.0 Å². The summed E-state index contributed by atoms with van der Waals surface area (Å²) in [5, 5.41) is 4.07. The molecule has 0 amide bonds. The van der Waals surface area contributed by atoms with E-state index in [1.807, 2.05) is 13.2 Å². The zero-order valence-corrected chi connectivity index (χ0v) is 8.74. The topological polar surface area (TPSA) is 24.9 Å². The molecule has 68 valence electrons. The van der Waals surface area contributed by atoms with E-state index in [2.05, 4.69) is 24.1 Å². The largest absolute Gasteiger partial charge is 0.365 e. The summed E-state index contributed by atoms with van der Waals surface area (Å²) in [6, 6.07) is 0. The van der Waals surface area contributed by atoms with Gasteiger partial charge in [0.2, 0.25) is 0 Å². The summed E-state index contributed by atoms with van der Waals surface area (Å²) in [5.74, 6) is 0.662. The number of hydrogen-bond donors (Lipinski definition) is 1.